The van der Waals surface area contributed by atoms with E-state index in [4.69, 9.17) is 13.9 Å². The van der Waals surface area contributed by atoms with Crippen LogP contribution in [0.2, 0.25) is 0 Å². The molecule has 110 valence electrons. The summed E-state index contributed by atoms with van der Waals surface area (Å²) in [6, 6.07) is 8.79. The molecule has 6 heteroatoms. The van der Waals surface area contributed by atoms with Crippen molar-refractivity contribution < 1.29 is 23.1 Å². The van der Waals surface area contributed by atoms with Gasteiger partial charge in [-0.25, -0.2) is 4.39 Å². The largest absolute Gasteiger partial charge is 0.426 e. The maximum atomic E-state index is 13.1. The summed E-state index contributed by atoms with van der Waals surface area (Å²) in [4.78, 5) is 13.8. The van der Waals surface area contributed by atoms with E-state index in [9.17, 15) is 9.18 Å². The molecule has 1 aliphatic rings. The Morgan fingerprint density at radius 1 is 1.19 bits per heavy atom. The second kappa shape index (κ2) is 5.97. The lowest BCUT2D eigenvalue weighted by Crippen LogP contribution is -2.40. The van der Waals surface area contributed by atoms with Crippen molar-refractivity contribution in [2.75, 3.05) is 26.3 Å². The van der Waals surface area contributed by atoms with Gasteiger partial charge in [-0.2, -0.15) is 0 Å². The number of carbonyl (C=O) groups is 1. The SMILES string of the molecule is O=C(c1ccc(Oc2cccc(F)c2)o1)N1CCOCC1. The minimum atomic E-state index is -0.399. The Hall–Kier alpha value is -2.34. The summed E-state index contributed by atoms with van der Waals surface area (Å²) in [6.07, 6.45) is 0. The van der Waals surface area contributed by atoms with Crippen LogP contribution in [0, 0.1) is 5.82 Å². The number of hydrogen-bond acceptors (Lipinski definition) is 4. The summed E-state index contributed by atoms with van der Waals surface area (Å²) in [7, 11) is 0. The Labute approximate surface area is 120 Å². The first-order valence-electron chi connectivity index (χ1n) is 6.63. The fourth-order valence-electron chi connectivity index (χ4n) is 2.06. The molecule has 1 saturated heterocycles. The van der Waals surface area contributed by atoms with Crippen molar-refractivity contribution in [2.24, 2.45) is 0 Å². The van der Waals surface area contributed by atoms with E-state index in [1.807, 2.05) is 0 Å². The number of furan rings is 1. The predicted octanol–water partition coefficient (Wildman–Crippen LogP) is 2.68. The quantitative estimate of drug-likeness (QED) is 0.872. The lowest BCUT2D eigenvalue weighted by atomic mass is 10.3. The minimum Gasteiger partial charge on any atom is -0.426 e. The number of carbonyl (C=O) groups excluding carboxylic acids is 1. The van der Waals surface area contributed by atoms with Crippen molar-refractivity contribution in [3.8, 4) is 11.7 Å². The van der Waals surface area contributed by atoms with Crippen LogP contribution in [0.15, 0.2) is 40.8 Å². The van der Waals surface area contributed by atoms with Gasteiger partial charge in [0.05, 0.1) is 13.2 Å². The number of nitrogens with zero attached hydrogens (tertiary/aromatic N) is 1. The lowest BCUT2D eigenvalue weighted by molar-refractivity contribution is 0.0280. The molecular weight excluding hydrogens is 277 g/mol. The molecule has 5 nitrogen and oxygen atoms in total. The van der Waals surface area contributed by atoms with Crippen molar-refractivity contribution >= 4 is 5.91 Å². The topological polar surface area (TPSA) is 51.9 Å². The summed E-state index contributed by atoms with van der Waals surface area (Å²) in [5, 5.41) is 0. The van der Waals surface area contributed by atoms with Gasteiger partial charge >= 0.3 is 0 Å². The predicted molar refractivity (Wildman–Crippen MR) is 71.9 cm³/mol. The van der Waals surface area contributed by atoms with Gasteiger partial charge in [-0.15, -0.1) is 0 Å². The number of morpholine rings is 1. The molecule has 1 fully saturated rings. The Kier molecular flexibility index (Phi) is 3.87. The summed E-state index contributed by atoms with van der Waals surface area (Å²) < 4.78 is 29.0. The standard InChI is InChI=1S/C15H14FNO4/c16-11-2-1-3-12(10-11)20-14-5-4-13(21-14)15(18)17-6-8-19-9-7-17/h1-5,10H,6-9H2. The minimum absolute atomic E-state index is 0.150. The first kappa shape index (κ1) is 13.6. The molecule has 1 aliphatic heterocycles. The molecule has 0 radical (unpaired) electrons. The molecule has 0 atom stereocenters. The highest BCUT2D eigenvalue weighted by molar-refractivity contribution is 5.91. The Balaban J connectivity index is 1.69. The number of rotatable bonds is 3. The Morgan fingerprint density at radius 2 is 2.00 bits per heavy atom. The van der Waals surface area contributed by atoms with Gasteiger partial charge in [0.2, 0.25) is 0 Å². The van der Waals surface area contributed by atoms with Crippen molar-refractivity contribution in [1.29, 1.82) is 0 Å². The zero-order chi connectivity index (χ0) is 14.7. The summed E-state index contributed by atoms with van der Waals surface area (Å²) in [5.41, 5.74) is 0. The van der Waals surface area contributed by atoms with Crippen LogP contribution in [-0.4, -0.2) is 37.1 Å². The second-order valence-corrected chi connectivity index (χ2v) is 4.58. The first-order chi connectivity index (χ1) is 10.2. The van der Waals surface area contributed by atoms with Crippen LogP contribution in [0.25, 0.3) is 0 Å². The molecule has 0 saturated carbocycles. The highest BCUT2D eigenvalue weighted by atomic mass is 19.1. The number of amides is 1. The summed E-state index contributed by atoms with van der Waals surface area (Å²) >= 11 is 0. The van der Waals surface area contributed by atoms with Gasteiger partial charge in [0.1, 0.15) is 11.6 Å². The average molecular weight is 291 g/mol. The molecule has 0 spiro atoms. The van der Waals surface area contributed by atoms with Crippen LogP contribution < -0.4 is 4.74 Å². The number of benzene rings is 1. The number of hydrogen-bond donors (Lipinski definition) is 0. The van der Waals surface area contributed by atoms with E-state index in [-0.39, 0.29) is 17.6 Å². The number of halogens is 1. The third kappa shape index (κ3) is 3.22. The van der Waals surface area contributed by atoms with Crippen LogP contribution in [-0.2, 0) is 4.74 Å². The molecule has 1 aromatic heterocycles. The zero-order valence-electron chi connectivity index (χ0n) is 11.3. The second-order valence-electron chi connectivity index (χ2n) is 4.58. The molecule has 0 bridgehead atoms. The van der Waals surface area contributed by atoms with Crippen LogP contribution in [0.5, 0.6) is 11.7 Å². The Bertz CT molecular complexity index is 634. The summed E-state index contributed by atoms with van der Waals surface area (Å²) in [5.74, 6) is 0.0614. The first-order valence-corrected chi connectivity index (χ1v) is 6.63. The third-order valence-corrected chi connectivity index (χ3v) is 3.10. The molecule has 0 N–H and O–H groups in total. The van der Waals surface area contributed by atoms with Crippen LogP contribution in [0.4, 0.5) is 4.39 Å². The van der Waals surface area contributed by atoms with Crippen molar-refractivity contribution in [3.05, 3.63) is 48.0 Å². The lowest BCUT2D eigenvalue weighted by Gasteiger charge is -2.25. The normalized spacial score (nSPS) is 15.0. The molecular formula is C15H14FNO4. The van der Waals surface area contributed by atoms with Gasteiger partial charge in [-0.1, -0.05) is 6.07 Å². The third-order valence-electron chi connectivity index (χ3n) is 3.10. The smallest absolute Gasteiger partial charge is 0.290 e. The molecule has 1 aromatic carbocycles. The van der Waals surface area contributed by atoms with Crippen LogP contribution >= 0.6 is 0 Å². The van der Waals surface area contributed by atoms with E-state index in [1.165, 1.54) is 18.2 Å². The van der Waals surface area contributed by atoms with Crippen molar-refractivity contribution in [1.82, 2.24) is 4.90 Å². The van der Waals surface area contributed by atoms with Crippen molar-refractivity contribution in [2.45, 2.75) is 0 Å². The van der Waals surface area contributed by atoms with Gasteiger partial charge in [-0.05, 0) is 18.2 Å². The highest BCUT2D eigenvalue weighted by Gasteiger charge is 2.21. The van der Waals surface area contributed by atoms with E-state index < -0.39 is 5.82 Å². The van der Waals surface area contributed by atoms with E-state index in [0.717, 1.165) is 0 Å². The maximum absolute atomic E-state index is 13.1. The molecule has 3 rings (SSSR count). The van der Waals surface area contributed by atoms with Crippen LogP contribution in [0.3, 0.4) is 0 Å². The maximum Gasteiger partial charge on any atom is 0.290 e. The summed E-state index contributed by atoms with van der Waals surface area (Å²) in [6.45, 7) is 2.14. The van der Waals surface area contributed by atoms with Gasteiger partial charge < -0.3 is 18.8 Å². The van der Waals surface area contributed by atoms with Gasteiger partial charge in [0.15, 0.2) is 5.76 Å². The van der Waals surface area contributed by atoms with E-state index >= 15 is 0 Å². The Morgan fingerprint density at radius 3 is 2.76 bits per heavy atom. The molecule has 2 heterocycles. The molecule has 0 unspecified atom stereocenters. The van der Waals surface area contributed by atoms with Gasteiger partial charge in [0.25, 0.3) is 11.9 Å². The molecule has 1 amide bonds. The highest BCUT2D eigenvalue weighted by Crippen LogP contribution is 2.25. The van der Waals surface area contributed by atoms with E-state index in [1.54, 1.807) is 23.1 Å². The van der Waals surface area contributed by atoms with Crippen molar-refractivity contribution in [3.63, 3.8) is 0 Å². The van der Waals surface area contributed by atoms with Crippen LogP contribution in [0.1, 0.15) is 10.6 Å². The monoisotopic (exact) mass is 291 g/mol. The fraction of sp³-hybridized carbons (Fsp3) is 0.267. The average Bonchev–Trinajstić information content (AvgIpc) is 2.96. The molecule has 0 aliphatic carbocycles. The van der Waals surface area contributed by atoms with E-state index in [0.29, 0.717) is 32.1 Å². The number of ether oxygens (including phenoxy) is 2. The molecule has 2 aromatic rings. The molecule has 21 heavy (non-hydrogen) atoms. The van der Waals surface area contributed by atoms with Gasteiger partial charge in [-0.3, -0.25) is 4.79 Å². The fourth-order valence-corrected chi connectivity index (χ4v) is 2.06. The zero-order valence-corrected chi connectivity index (χ0v) is 11.3. The van der Waals surface area contributed by atoms with E-state index in [2.05, 4.69) is 0 Å². The van der Waals surface area contributed by atoms with Gasteiger partial charge in [0, 0.05) is 25.2 Å².